The van der Waals surface area contributed by atoms with E-state index in [9.17, 15) is 0 Å². The number of fused-ring (bicyclic) bond motifs is 6. The van der Waals surface area contributed by atoms with Crippen LogP contribution >= 0.6 is 11.3 Å². The molecule has 0 atom stereocenters. The van der Waals surface area contributed by atoms with Gasteiger partial charge in [-0.2, -0.15) is 0 Å². The maximum atomic E-state index is 8.79. The van der Waals surface area contributed by atoms with Gasteiger partial charge >= 0.3 is 0 Å². The molecule has 0 N–H and O–H groups in total. The van der Waals surface area contributed by atoms with Crippen molar-refractivity contribution in [3.63, 3.8) is 0 Å². The highest BCUT2D eigenvalue weighted by atomic mass is 32.1. The smallest absolute Gasteiger partial charge is 0.114 e. The summed E-state index contributed by atoms with van der Waals surface area (Å²) < 4.78 is 46.1. The van der Waals surface area contributed by atoms with Crippen molar-refractivity contribution in [1.29, 1.82) is 0 Å². The average Bonchev–Trinajstić information content (AvgIpc) is 3.79. The molecule has 0 fully saturated rings. The number of aromatic nitrogens is 2. The molecule has 0 unspecified atom stereocenters. The lowest BCUT2D eigenvalue weighted by Crippen LogP contribution is -2.00. The predicted octanol–water partition coefficient (Wildman–Crippen LogP) is 13.3. The first-order valence-corrected chi connectivity index (χ1v) is 17.5. The zero-order valence-electron chi connectivity index (χ0n) is 31.9. The minimum absolute atomic E-state index is 0.153. The number of hydrogen-bond donors (Lipinski definition) is 0. The fraction of sp³-hybridized carbons (Fsp3) is 0.0426. The van der Waals surface area contributed by atoms with Gasteiger partial charge in [-0.05, 0) is 97.4 Å². The molecule has 236 valence electrons. The van der Waals surface area contributed by atoms with Crippen LogP contribution in [0, 0.1) is 0 Å². The summed E-state index contributed by atoms with van der Waals surface area (Å²) >= 11 is 1.82. The van der Waals surface area contributed by atoms with Crippen LogP contribution in [0.25, 0.3) is 91.8 Å². The third kappa shape index (κ3) is 4.44. The van der Waals surface area contributed by atoms with Crippen molar-refractivity contribution in [3.05, 3.63) is 170 Å². The molecule has 10 aromatic rings. The Balaban J connectivity index is 1.30. The van der Waals surface area contributed by atoms with Crippen molar-refractivity contribution in [2.45, 2.75) is 13.2 Å². The summed E-state index contributed by atoms with van der Waals surface area (Å²) in [6.07, 6.45) is -2.70. The molecule has 2 aromatic heterocycles. The van der Waals surface area contributed by atoms with E-state index in [1.807, 2.05) is 53.8 Å². The van der Waals surface area contributed by atoms with E-state index in [-0.39, 0.29) is 5.82 Å². The number of para-hydroxylation sites is 2. The van der Waals surface area contributed by atoms with Crippen molar-refractivity contribution in [2.24, 2.45) is 0 Å². The largest absolute Gasteiger partial charge is 0.296 e. The Kier molecular flexibility index (Phi) is 5.58. The van der Waals surface area contributed by atoms with E-state index in [4.69, 9.17) is 6.85 Å². The van der Waals surface area contributed by atoms with Gasteiger partial charge in [-0.1, -0.05) is 128 Å². The quantitative estimate of drug-likeness (QED) is 0.168. The maximum absolute atomic E-state index is 8.79. The molecule has 0 aliphatic rings. The highest BCUT2D eigenvalue weighted by Gasteiger charge is 2.21. The minimum atomic E-state index is -2.93. The lowest BCUT2D eigenvalue weighted by molar-refractivity contribution is 0.908. The number of thiophene rings is 1. The molecule has 0 amide bonds. The normalized spacial score (nSPS) is 13.8. The Bertz CT molecular complexity index is 3120. The Morgan fingerprint density at radius 1 is 0.560 bits per heavy atom. The standard InChI is InChI=1S/C47H32N2S/c1-2-44-48-40-22-9-10-23-41(40)49(44)33-17-12-16-32(28-33)45-34-18-6-7-19-35(34)46(39-29-31(26-27-36(39)45)30-14-4-3-5-15-30)38-21-13-25-43-47(38)37-20-8-11-24-42(37)50-43/h3-29H,2H2,1H3/i1D3,2D2. The molecule has 3 heteroatoms. The van der Waals surface area contributed by atoms with Gasteiger partial charge < -0.3 is 0 Å². The van der Waals surface area contributed by atoms with Crippen LogP contribution in [0.4, 0.5) is 0 Å². The van der Waals surface area contributed by atoms with Crippen LogP contribution in [0.1, 0.15) is 19.5 Å². The van der Waals surface area contributed by atoms with E-state index in [1.54, 1.807) is 10.6 Å². The number of benzene rings is 8. The van der Waals surface area contributed by atoms with Crippen LogP contribution in [-0.2, 0) is 6.37 Å². The number of nitrogens with zero attached hydrogens (tertiary/aromatic N) is 2. The molecule has 0 saturated carbocycles. The van der Waals surface area contributed by atoms with Gasteiger partial charge in [0.05, 0.1) is 11.0 Å². The Morgan fingerprint density at radius 2 is 1.26 bits per heavy atom. The fourth-order valence-electron chi connectivity index (χ4n) is 7.74. The van der Waals surface area contributed by atoms with Gasteiger partial charge in [0.15, 0.2) is 0 Å². The number of imidazole rings is 1. The summed E-state index contributed by atoms with van der Waals surface area (Å²) in [6, 6.07) is 56.3. The predicted molar refractivity (Wildman–Crippen MR) is 215 cm³/mol. The topological polar surface area (TPSA) is 17.8 Å². The van der Waals surface area contributed by atoms with E-state index in [0.717, 1.165) is 43.8 Å². The summed E-state index contributed by atoms with van der Waals surface area (Å²) in [5.41, 5.74) is 8.37. The summed E-state index contributed by atoms with van der Waals surface area (Å²) in [4.78, 5) is 4.58. The summed E-state index contributed by atoms with van der Waals surface area (Å²) in [5, 5.41) is 6.89. The van der Waals surface area contributed by atoms with Gasteiger partial charge in [0.2, 0.25) is 0 Å². The van der Waals surface area contributed by atoms with E-state index < -0.39 is 13.2 Å². The van der Waals surface area contributed by atoms with E-state index in [0.29, 0.717) is 16.7 Å². The Morgan fingerprint density at radius 3 is 2.14 bits per heavy atom. The van der Waals surface area contributed by atoms with Crippen LogP contribution in [0.15, 0.2) is 164 Å². The monoisotopic (exact) mass is 661 g/mol. The molecule has 0 aliphatic carbocycles. The van der Waals surface area contributed by atoms with Gasteiger partial charge in [-0.15, -0.1) is 11.3 Å². The first-order valence-electron chi connectivity index (χ1n) is 19.2. The molecule has 0 saturated heterocycles. The van der Waals surface area contributed by atoms with Crippen LogP contribution < -0.4 is 0 Å². The first kappa shape index (κ1) is 24.2. The van der Waals surface area contributed by atoms with E-state index in [1.165, 1.54) is 31.3 Å². The Hall–Kier alpha value is -6.03. The summed E-state index contributed by atoms with van der Waals surface area (Å²) in [7, 11) is 0. The van der Waals surface area contributed by atoms with Gasteiger partial charge in [-0.25, -0.2) is 4.98 Å². The van der Waals surface area contributed by atoms with Gasteiger partial charge in [0.1, 0.15) is 5.82 Å². The minimum Gasteiger partial charge on any atom is -0.296 e. The molecule has 0 aliphatic heterocycles. The second-order valence-corrected chi connectivity index (χ2v) is 13.7. The van der Waals surface area contributed by atoms with Crippen molar-refractivity contribution in [2.75, 3.05) is 0 Å². The molecule has 0 radical (unpaired) electrons. The van der Waals surface area contributed by atoms with E-state index >= 15 is 0 Å². The van der Waals surface area contributed by atoms with Gasteiger partial charge in [0, 0.05) is 39.1 Å². The molecule has 2 heterocycles. The molecular weight excluding hydrogens is 625 g/mol. The number of aryl methyl sites for hydroxylation is 1. The average molecular weight is 662 g/mol. The molecule has 2 nitrogen and oxygen atoms in total. The second kappa shape index (κ2) is 11.5. The molecule has 0 spiro atoms. The summed E-state index contributed by atoms with van der Waals surface area (Å²) in [6.45, 7) is -2.93. The van der Waals surface area contributed by atoms with Crippen LogP contribution in [-0.4, -0.2) is 9.55 Å². The van der Waals surface area contributed by atoms with E-state index in [2.05, 4.69) is 120 Å². The Labute approximate surface area is 301 Å². The molecule has 8 aromatic carbocycles. The fourth-order valence-corrected chi connectivity index (χ4v) is 8.88. The summed E-state index contributed by atoms with van der Waals surface area (Å²) in [5.74, 6) is -0.153. The lowest BCUT2D eigenvalue weighted by atomic mass is 9.84. The zero-order chi connectivity index (χ0) is 37.5. The van der Waals surface area contributed by atoms with Crippen LogP contribution in [0.5, 0.6) is 0 Å². The molecular formula is C47H32N2S. The van der Waals surface area contributed by atoms with Crippen molar-refractivity contribution >= 4 is 64.1 Å². The van der Waals surface area contributed by atoms with Gasteiger partial charge in [0.25, 0.3) is 0 Å². The van der Waals surface area contributed by atoms with Crippen LogP contribution in [0.3, 0.4) is 0 Å². The third-order valence-corrected chi connectivity index (χ3v) is 11.0. The maximum Gasteiger partial charge on any atom is 0.114 e. The molecule has 50 heavy (non-hydrogen) atoms. The zero-order valence-corrected chi connectivity index (χ0v) is 27.7. The SMILES string of the molecule is [2H]C([2H])([2H])C([2H])([2H])c1nc2ccccc2n1-c1cccc(-c2c3ccccc3c(-c3cccc4sc5ccccc5c34)c3cc(-c4ccccc4)ccc23)c1. The van der Waals surface area contributed by atoms with Crippen molar-refractivity contribution in [1.82, 2.24) is 9.55 Å². The van der Waals surface area contributed by atoms with Gasteiger partial charge in [-0.3, -0.25) is 4.57 Å². The highest BCUT2D eigenvalue weighted by Crippen LogP contribution is 2.48. The molecule has 0 bridgehead atoms. The number of hydrogen-bond acceptors (Lipinski definition) is 2. The molecule has 10 rings (SSSR count). The highest BCUT2D eigenvalue weighted by molar-refractivity contribution is 7.25. The number of rotatable bonds is 5. The second-order valence-electron chi connectivity index (χ2n) is 12.6. The van der Waals surface area contributed by atoms with Crippen molar-refractivity contribution in [3.8, 4) is 39.1 Å². The lowest BCUT2D eigenvalue weighted by Gasteiger charge is -2.20. The van der Waals surface area contributed by atoms with Crippen molar-refractivity contribution < 1.29 is 6.85 Å². The first-order chi connectivity index (χ1) is 26.7. The van der Waals surface area contributed by atoms with Crippen LogP contribution in [0.2, 0.25) is 0 Å². The third-order valence-electron chi connectivity index (χ3n) is 9.87.